The molecule has 156 valence electrons. The van der Waals surface area contributed by atoms with Crippen LogP contribution >= 0.6 is 0 Å². The number of nitrogens with one attached hydrogen (secondary N) is 1. The van der Waals surface area contributed by atoms with Crippen LogP contribution in [0.2, 0.25) is 0 Å². The van der Waals surface area contributed by atoms with Crippen LogP contribution in [-0.4, -0.2) is 40.8 Å². The predicted octanol–water partition coefficient (Wildman–Crippen LogP) is 3.81. The van der Waals surface area contributed by atoms with Gasteiger partial charge in [-0.3, -0.25) is 0 Å². The number of aliphatic hydroxyl groups is 1. The van der Waals surface area contributed by atoms with Crippen molar-refractivity contribution in [1.29, 1.82) is 0 Å². The second kappa shape index (κ2) is 9.54. The third-order valence-corrected chi connectivity index (χ3v) is 5.20. The number of hydrogen-bond acceptors (Lipinski definition) is 6. The molecule has 1 atom stereocenters. The Hall–Kier alpha value is -3.19. The number of benzene rings is 2. The van der Waals surface area contributed by atoms with Crippen molar-refractivity contribution in [3.63, 3.8) is 0 Å². The molecule has 2 aromatic carbocycles. The molecule has 0 bridgehead atoms. The first kappa shape index (κ1) is 20.1. The Morgan fingerprint density at radius 2 is 1.80 bits per heavy atom. The van der Waals surface area contributed by atoms with Gasteiger partial charge in [-0.25, -0.2) is 14.4 Å². The molecule has 1 fully saturated rings. The minimum Gasteiger partial charge on any atom is -0.490 e. The summed E-state index contributed by atoms with van der Waals surface area (Å²) in [5.74, 6) is 1.96. The van der Waals surface area contributed by atoms with Crippen molar-refractivity contribution >= 4 is 11.6 Å². The number of rotatable bonds is 7. The molecule has 1 aromatic heterocycles. The molecule has 6 nitrogen and oxygen atoms in total. The molecular formula is C23H25FN4O2. The van der Waals surface area contributed by atoms with Gasteiger partial charge < -0.3 is 20.1 Å². The fraction of sp³-hybridized carbons (Fsp3) is 0.304. The number of anilines is 2. The highest BCUT2D eigenvalue weighted by Crippen LogP contribution is 2.23. The third-order valence-electron chi connectivity index (χ3n) is 5.20. The summed E-state index contributed by atoms with van der Waals surface area (Å²) in [5, 5.41) is 13.5. The largest absolute Gasteiger partial charge is 0.490 e. The molecule has 0 saturated carbocycles. The number of piperidine rings is 1. The lowest BCUT2D eigenvalue weighted by atomic mass is 10.1. The van der Waals surface area contributed by atoms with Crippen LogP contribution in [0.5, 0.6) is 5.75 Å². The average molecular weight is 408 g/mol. The van der Waals surface area contributed by atoms with E-state index >= 15 is 0 Å². The zero-order chi connectivity index (χ0) is 20.8. The summed E-state index contributed by atoms with van der Waals surface area (Å²) in [5.41, 5.74) is 0.863. The van der Waals surface area contributed by atoms with E-state index in [1.54, 1.807) is 12.1 Å². The average Bonchev–Trinajstić information content (AvgIpc) is 2.80. The van der Waals surface area contributed by atoms with E-state index in [0.717, 1.165) is 37.3 Å². The normalized spacial score (nSPS) is 15.6. The minimum absolute atomic E-state index is 0.104. The van der Waals surface area contributed by atoms with Gasteiger partial charge in [-0.15, -0.1) is 0 Å². The molecule has 30 heavy (non-hydrogen) atoms. The summed E-state index contributed by atoms with van der Waals surface area (Å²) in [6.45, 7) is 2.00. The van der Waals surface area contributed by atoms with Crippen molar-refractivity contribution in [2.75, 3.05) is 29.9 Å². The third kappa shape index (κ3) is 5.24. The molecule has 1 unspecified atom stereocenters. The van der Waals surface area contributed by atoms with Crippen LogP contribution < -0.4 is 15.0 Å². The van der Waals surface area contributed by atoms with Crippen LogP contribution in [0.25, 0.3) is 0 Å². The number of nitrogens with zero attached hydrogens (tertiary/aromatic N) is 3. The molecule has 0 spiro atoms. The van der Waals surface area contributed by atoms with Crippen molar-refractivity contribution in [3.05, 3.63) is 78.4 Å². The van der Waals surface area contributed by atoms with E-state index in [1.165, 1.54) is 18.5 Å². The number of aliphatic hydroxyl groups excluding tert-OH is 1. The zero-order valence-electron chi connectivity index (χ0n) is 16.6. The fourth-order valence-electron chi connectivity index (χ4n) is 3.52. The molecular weight excluding hydrogens is 383 g/mol. The quantitative estimate of drug-likeness (QED) is 0.620. The van der Waals surface area contributed by atoms with Gasteiger partial charge >= 0.3 is 0 Å². The lowest BCUT2D eigenvalue weighted by molar-refractivity contribution is 0.170. The molecule has 0 aliphatic carbocycles. The lowest BCUT2D eigenvalue weighted by Crippen LogP contribution is -2.38. The molecule has 1 aliphatic rings. The van der Waals surface area contributed by atoms with Gasteiger partial charge in [0, 0.05) is 38.5 Å². The first-order valence-corrected chi connectivity index (χ1v) is 10.1. The molecule has 3 aromatic rings. The summed E-state index contributed by atoms with van der Waals surface area (Å²) in [7, 11) is 0. The second-order valence-electron chi connectivity index (χ2n) is 7.33. The summed E-state index contributed by atoms with van der Waals surface area (Å²) in [6, 6.07) is 17.6. The number of aromatic nitrogens is 2. The molecule has 4 rings (SSSR count). The van der Waals surface area contributed by atoms with E-state index in [9.17, 15) is 9.50 Å². The Labute approximate surface area is 175 Å². The lowest BCUT2D eigenvalue weighted by Gasteiger charge is -2.33. The SMILES string of the molecule is OC(CNc1cc(N2CCC(Oc3ccc(F)cc3)CC2)ncn1)c1ccccc1. The maximum absolute atomic E-state index is 13.0. The van der Waals surface area contributed by atoms with Gasteiger partial charge in [-0.2, -0.15) is 0 Å². The van der Waals surface area contributed by atoms with Gasteiger partial charge in [0.05, 0.1) is 6.10 Å². The Morgan fingerprint density at radius 3 is 2.53 bits per heavy atom. The Kier molecular flexibility index (Phi) is 6.39. The minimum atomic E-state index is -0.607. The van der Waals surface area contributed by atoms with Gasteiger partial charge in [0.2, 0.25) is 0 Å². The summed E-state index contributed by atoms with van der Waals surface area (Å²) in [4.78, 5) is 10.9. The maximum atomic E-state index is 13.0. The maximum Gasteiger partial charge on any atom is 0.134 e. The van der Waals surface area contributed by atoms with Crippen molar-refractivity contribution in [1.82, 2.24) is 9.97 Å². The number of hydrogen-bond donors (Lipinski definition) is 2. The summed E-state index contributed by atoms with van der Waals surface area (Å²) < 4.78 is 19.0. The summed E-state index contributed by atoms with van der Waals surface area (Å²) in [6.07, 6.45) is 2.75. The Balaban J connectivity index is 1.29. The molecule has 0 radical (unpaired) electrons. The van der Waals surface area contributed by atoms with E-state index in [2.05, 4.69) is 20.2 Å². The van der Waals surface area contributed by atoms with E-state index in [0.29, 0.717) is 18.1 Å². The molecule has 1 aliphatic heterocycles. The highest BCUT2D eigenvalue weighted by molar-refractivity contribution is 5.49. The second-order valence-corrected chi connectivity index (χ2v) is 7.33. The van der Waals surface area contributed by atoms with Crippen LogP contribution in [0.3, 0.4) is 0 Å². The topological polar surface area (TPSA) is 70.5 Å². The van der Waals surface area contributed by atoms with E-state index in [4.69, 9.17) is 4.74 Å². The smallest absolute Gasteiger partial charge is 0.134 e. The van der Waals surface area contributed by atoms with Crippen molar-refractivity contribution in [3.8, 4) is 5.75 Å². The first-order chi connectivity index (χ1) is 14.7. The predicted molar refractivity (Wildman–Crippen MR) is 114 cm³/mol. The Morgan fingerprint density at radius 1 is 1.07 bits per heavy atom. The van der Waals surface area contributed by atoms with Gasteiger partial charge in [-0.1, -0.05) is 30.3 Å². The molecule has 7 heteroatoms. The van der Waals surface area contributed by atoms with Gasteiger partial charge in [0.15, 0.2) is 0 Å². The van der Waals surface area contributed by atoms with Crippen molar-refractivity contribution < 1.29 is 14.2 Å². The Bertz CT molecular complexity index is 931. The highest BCUT2D eigenvalue weighted by Gasteiger charge is 2.22. The van der Waals surface area contributed by atoms with Crippen LogP contribution in [0.1, 0.15) is 24.5 Å². The summed E-state index contributed by atoms with van der Waals surface area (Å²) >= 11 is 0. The van der Waals surface area contributed by atoms with Crippen LogP contribution in [0.15, 0.2) is 67.0 Å². The van der Waals surface area contributed by atoms with E-state index in [-0.39, 0.29) is 11.9 Å². The number of ether oxygens (including phenoxy) is 1. The zero-order valence-corrected chi connectivity index (χ0v) is 16.6. The van der Waals surface area contributed by atoms with E-state index < -0.39 is 6.10 Å². The van der Waals surface area contributed by atoms with Crippen LogP contribution in [0.4, 0.5) is 16.0 Å². The van der Waals surface area contributed by atoms with Crippen LogP contribution in [0, 0.1) is 5.82 Å². The fourth-order valence-corrected chi connectivity index (χ4v) is 3.52. The highest BCUT2D eigenvalue weighted by atomic mass is 19.1. The van der Waals surface area contributed by atoms with Gasteiger partial charge in [0.1, 0.15) is 35.6 Å². The molecule has 1 saturated heterocycles. The monoisotopic (exact) mass is 408 g/mol. The standard InChI is InChI=1S/C23H25FN4O2/c24-18-6-8-19(9-7-18)30-20-10-12-28(13-11-20)23-14-22(26-16-27-23)25-15-21(29)17-4-2-1-3-5-17/h1-9,14,16,20-21,29H,10-13,15H2,(H,25,26,27). The molecule has 2 heterocycles. The van der Waals surface area contributed by atoms with Gasteiger partial charge in [-0.05, 0) is 29.8 Å². The molecule has 0 amide bonds. The van der Waals surface area contributed by atoms with Crippen LogP contribution in [-0.2, 0) is 0 Å². The van der Waals surface area contributed by atoms with Crippen molar-refractivity contribution in [2.45, 2.75) is 25.0 Å². The van der Waals surface area contributed by atoms with Crippen molar-refractivity contribution in [2.24, 2.45) is 0 Å². The first-order valence-electron chi connectivity index (χ1n) is 10.1. The molecule has 2 N–H and O–H groups in total. The van der Waals surface area contributed by atoms with Gasteiger partial charge in [0.25, 0.3) is 0 Å². The van der Waals surface area contributed by atoms with E-state index in [1.807, 2.05) is 36.4 Å². The number of halogens is 1.